The zero-order valence-corrected chi connectivity index (χ0v) is 20.0. The number of nitrogens with zero attached hydrogens (tertiary/aromatic N) is 3. The Morgan fingerprint density at radius 1 is 1.27 bits per heavy atom. The highest BCUT2D eigenvalue weighted by atomic mass is 32.2. The first-order chi connectivity index (χ1) is 15.8. The second kappa shape index (κ2) is 11.1. The lowest BCUT2D eigenvalue weighted by molar-refractivity contribution is -0.113. The molecule has 9 nitrogen and oxygen atoms in total. The fraction of sp³-hybridized carbons (Fsp3) is 0.333. The van der Waals surface area contributed by atoms with Gasteiger partial charge in [-0.15, -0.1) is 21.5 Å². The average Bonchev–Trinajstić information content (AvgIpc) is 3.30. The van der Waals surface area contributed by atoms with Gasteiger partial charge in [-0.3, -0.25) is 4.79 Å². The number of esters is 1. The van der Waals surface area contributed by atoms with Gasteiger partial charge in [0.05, 0.1) is 17.9 Å². The molecule has 3 N–H and O–H groups in total. The van der Waals surface area contributed by atoms with Crippen LogP contribution in [0.4, 0.5) is 9.39 Å². The number of halogens is 1. The molecule has 3 rings (SSSR count). The molecule has 0 saturated carbocycles. The number of thioether (sulfide) groups is 1. The molecule has 0 bridgehead atoms. The summed E-state index contributed by atoms with van der Waals surface area (Å²) in [5, 5.41) is 11.4. The van der Waals surface area contributed by atoms with Gasteiger partial charge < -0.3 is 20.6 Å². The highest BCUT2D eigenvalue weighted by Gasteiger charge is 2.23. The topological polar surface area (TPSA) is 121 Å². The average molecular weight is 494 g/mol. The summed E-state index contributed by atoms with van der Waals surface area (Å²) in [6.45, 7) is 5.74. The van der Waals surface area contributed by atoms with Crippen molar-refractivity contribution in [3.8, 4) is 5.75 Å². The smallest absolute Gasteiger partial charge is 0.341 e. The lowest BCUT2D eigenvalue weighted by Gasteiger charge is -2.08. The molecule has 3 aromatic rings. The number of thiophene rings is 1. The molecular formula is C21H24FN5O4S2. The van der Waals surface area contributed by atoms with Gasteiger partial charge in [0.2, 0.25) is 11.1 Å². The van der Waals surface area contributed by atoms with Crippen molar-refractivity contribution < 1.29 is 23.5 Å². The fourth-order valence-corrected chi connectivity index (χ4v) is 4.84. The zero-order valence-electron chi connectivity index (χ0n) is 18.4. The predicted octanol–water partition coefficient (Wildman–Crippen LogP) is 3.55. The molecular weight excluding hydrogens is 469 g/mol. The van der Waals surface area contributed by atoms with Gasteiger partial charge in [-0.25, -0.2) is 13.9 Å². The molecule has 12 heteroatoms. The normalized spacial score (nSPS) is 10.8. The van der Waals surface area contributed by atoms with E-state index in [-0.39, 0.29) is 36.4 Å². The quantitative estimate of drug-likeness (QED) is 0.250. The summed E-state index contributed by atoms with van der Waals surface area (Å²) in [6, 6.07) is 5.99. The molecule has 0 saturated heterocycles. The minimum absolute atomic E-state index is 0.00975. The van der Waals surface area contributed by atoms with Crippen LogP contribution in [-0.4, -0.2) is 39.1 Å². The Bertz CT molecular complexity index is 1150. The molecule has 0 unspecified atom stereocenters. The van der Waals surface area contributed by atoms with Crippen molar-refractivity contribution in [2.45, 2.75) is 39.0 Å². The number of hydrogen-bond acceptors (Lipinski definition) is 9. The van der Waals surface area contributed by atoms with Gasteiger partial charge in [0.15, 0.2) is 17.4 Å². The van der Waals surface area contributed by atoms with Crippen LogP contribution in [0.3, 0.4) is 0 Å². The van der Waals surface area contributed by atoms with E-state index in [1.54, 1.807) is 19.1 Å². The maximum atomic E-state index is 13.7. The largest absolute Gasteiger partial charge is 0.482 e. The highest BCUT2D eigenvalue weighted by Crippen LogP contribution is 2.34. The summed E-state index contributed by atoms with van der Waals surface area (Å²) in [7, 11) is 0. The molecule has 2 heterocycles. The number of para-hydroxylation sites is 1. The van der Waals surface area contributed by atoms with Crippen LogP contribution < -0.4 is 15.9 Å². The van der Waals surface area contributed by atoms with Crippen LogP contribution in [0, 0.1) is 12.7 Å². The summed E-state index contributed by atoms with van der Waals surface area (Å²) >= 11 is 2.41. The van der Waals surface area contributed by atoms with E-state index in [1.807, 2.05) is 13.8 Å². The third-order valence-electron chi connectivity index (χ3n) is 4.56. The van der Waals surface area contributed by atoms with Crippen molar-refractivity contribution in [3.05, 3.63) is 51.9 Å². The third-order valence-corrected chi connectivity index (χ3v) is 6.56. The van der Waals surface area contributed by atoms with Gasteiger partial charge in [0.25, 0.3) is 0 Å². The van der Waals surface area contributed by atoms with E-state index >= 15 is 0 Å². The van der Waals surface area contributed by atoms with Crippen LogP contribution in [0.15, 0.2) is 29.4 Å². The van der Waals surface area contributed by atoms with E-state index < -0.39 is 11.8 Å². The van der Waals surface area contributed by atoms with Crippen LogP contribution in [0.5, 0.6) is 5.75 Å². The number of nitrogens with one attached hydrogen (secondary N) is 1. The van der Waals surface area contributed by atoms with Crippen LogP contribution >= 0.6 is 23.1 Å². The molecule has 2 aromatic heterocycles. The number of nitrogen functional groups attached to an aromatic ring is 1. The number of carbonyl (C=O) groups is 2. The SMILES string of the molecule is CCOC(=O)c1c(NC(=O)CSc2nnc(COc3ccccc3F)n2N)sc(C)c1CC. The highest BCUT2D eigenvalue weighted by molar-refractivity contribution is 7.99. The summed E-state index contributed by atoms with van der Waals surface area (Å²) in [6.07, 6.45) is 0.648. The van der Waals surface area contributed by atoms with Crippen molar-refractivity contribution in [2.24, 2.45) is 0 Å². The van der Waals surface area contributed by atoms with E-state index in [9.17, 15) is 14.0 Å². The minimum Gasteiger partial charge on any atom is -0.482 e. The number of ether oxygens (including phenoxy) is 2. The Balaban J connectivity index is 1.62. The summed E-state index contributed by atoms with van der Waals surface area (Å²) in [5.41, 5.74) is 1.26. The first-order valence-electron chi connectivity index (χ1n) is 10.1. The van der Waals surface area contributed by atoms with Crippen molar-refractivity contribution in [1.82, 2.24) is 14.9 Å². The van der Waals surface area contributed by atoms with E-state index in [1.165, 1.54) is 28.1 Å². The van der Waals surface area contributed by atoms with Crippen molar-refractivity contribution in [2.75, 3.05) is 23.5 Å². The van der Waals surface area contributed by atoms with E-state index in [0.29, 0.717) is 22.1 Å². The molecule has 1 aromatic carbocycles. The van der Waals surface area contributed by atoms with E-state index in [0.717, 1.165) is 22.2 Å². The monoisotopic (exact) mass is 493 g/mol. The molecule has 0 radical (unpaired) electrons. The number of aryl methyl sites for hydroxylation is 1. The number of rotatable bonds is 10. The van der Waals surface area contributed by atoms with Gasteiger partial charge in [-0.1, -0.05) is 30.8 Å². The first-order valence-corrected chi connectivity index (χ1v) is 11.9. The summed E-state index contributed by atoms with van der Waals surface area (Å²) < 4.78 is 25.4. The van der Waals surface area contributed by atoms with Gasteiger partial charge in [-0.05, 0) is 38.0 Å². The van der Waals surface area contributed by atoms with E-state index in [4.69, 9.17) is 15.3 Å². The van der Waals surface area contributed by atoms with Crippen molar-refractivity contribution in [3.63, 3.8) is 0 Å². The Labute approximate surface area is 198 Å². The Morgan fingerprint density at radius 3 is 2.73 bits per heavy atom. The molecule has 0 fully saturated rings. The molecule has 0 spiro atoms. The minimum atomic E-state index is -0.496. The third kappa shape index (κ3) is 5.82. The van der Waals surface area contributed by atoms with Crippen molar-refractivity contribution in [1.29, 1.82) is 0 Å². The first kappa shape index (κ1) is 24.5. The van der Waals surface area contributed by atoms with Gasteiger partial charge in [0, 0.05) is 4.88 Å². The number of hydrogen-bond donors (Lipinski definition) is 2. The maximum Gasteiger partial charge on any atom is 0.341 e. The van der Waals surface area contributed by atoms with Gasteiger partial charge in [0.1, 0.15) is 11.6 Å². The molecule has 0 atom stereocenters. The molecule has 176 valence electrons. The van der Waals surface area contributed by atoms with Crippen LogP contribution in [0.1, 0.15) is 40.5 Å². The number of amides is 1. The second-order valence-corrected chi connectivity index (χ2v) is 8.91. The molecule has 0 aliphatic heterocycles. The molecule has 0 aliphatic rings. The zero-order chi connectivity index (χ0) is 24.0. The standard InChI is InChI=1S/C21H24FN5O4S2/c1-4-13-12(3)33-19(18(13)20(29)30-5-2)24-17(28)11-32-21-26-25-16(27(21)23)10-31-15-9-7-6-8-14(15)22/h6-9H,4-5,10-11,23H2,1-3H3,(H,24,28). The Hall–Kier alpha value is -3.12. The van der Waals surface area contributed by atoms with Gasteiger partial charge in [-0.2, -0.15) is 0 Å². The number of nitrogens with two attached hydrogens (primary N) is 1. The number of benzene rings is 1. The molecule has 1 amide bonds. The van der Waals surface area contributed by atoms with Crippen molar-refractivity contribution >= 4 is 40.0 Å². The Kier molecular flexibility index (Phi) is 8.28. The molecule has 33 heavy (non-hydrogen) atoms. The molecule has 0 aliphatic carbocycles. The summed E-state index contributed by atoms with van der Waals surface area (Å²) in [5.74, 6) is 5.04. The lowest BCUT2D eigenvalue weighted by Crippen LogP contribution is -2.19. The van der Waals surface area contributed by atoms with Crippen LogP contribution in [0.2, 0.25) is 0 Å². The van der Waals surface area contributed by atoms with E-state index in [2.05, 4.69) is 15.5 Å². The fourth-order valence-electron chi connectivity index (χ4n) is 3.01. The second-order valence-electron chi connectivity index (χ2n) is 6.74. The Morgan fingerprint density at radius 2 is 2.03 bits per heavy atom. The van der Waals surface area contributed by atoms with Crippen LogP contribution in [0.25, 0.3) is 0 Å². The summed E-state index contributed by atoms with van der Waals surface area (Å²) in [4.78, 5) is 25.9. The van der Waals surface area contributed by atoms with Crippen LogP contribution in [-0.2, 0) is 22.6 Å². The number of carbonyl (C=O) groups excluding carboxylic acids is 2. The van der Waals surface area contributed by atoms with Gasteiger partial charge >= 0.3 is 5.97 Å². The maximum absolute atomic E-state index is 13.7. The lowest BCUT2D eigenvalue weighted by atomic mass is 10.1. The number of anilines is 1. The predicted molar refractivity (Wildman–Crippen MR) is 125 cm³/mol. The number of aromatic nitrogens is 3.